The fraction of sp³-hybridized carbons (Fsp3) is 0.125. The molecule has 0 spiro atoms. The van der Waals surface area contributed by atoms with Crippen molar-refractivity contribution in [3.63, 3.8) is 0 Å². The van der Waals surface area contributed by atoms with Crippen LogP contribution in [0.5, 0.6) is 0 Å². The minimum absolute atomic E-state index is 0.206. The molecular formula is C8H9NO7S2. The largest absolute Gasteiger partial charge is 0.624 e. The van der Waals surface area contributed by atoms with E-state index >= 15 is 0 Å². The molecule has 0 aliphatic carbocycles. The summed E-state index contributed by atoms with van der Waals surface area (Å²) < 4.78 is 61.8. The monoisotopic (exact) mass is 295 g/mol. The molecule has 0 bridgehead atoms. The summed E-state index contributed by atoms with van der Waals surface area (Å²) >= 11 is 0. The Labute approximate surface area is 103 Å². The van der Waals surface area contributed by atoms with Gasteiger partial charge in [0.05, 0.1) is 10.5 Å². The second-order valence-electron chi connectivity index (χ2n) is 3.33. The minimum atomic E-state index is -4.73. The van der Waals surface area contributed by atoms with Crippen molar-refractivity contribution in [3.05, 3.63) is 29.0 Å². The van der Waals surface area contributed by atoms with E-state index in [1.807, 2.05) is 0 Å². The van der Waals surface area contributed by atoms with Crippen LogP contribution in [-0.2, 0) is 20.2 Å². The summed E-state index contributed by atoms with van der Waals surface area (Å²) in [5, 5.41) is 10.8. The van der Waals surface area contributed by atoms with E-state index in [0.717, 1.165) is 25.4 Å². The summed E-state index contributed by atoms with van der Waals surface area (Å²) in [4.78, 5) is -1.50. The van der Waals surface area contributed by atoms with E-state index in [1.54, 1.807) is 0 Å². The lowest BCUT2D eigenvalue weighted by molar-refractivity contribution is -0.416. The van der Waals surface area contributed by atoms with Crippen LogP contribution < -0.4 is 0 Å². The van der Waals surface area contributed by atoms with Gasteiger partial charge in [-0.05, 0) is 18.2 Å². The predicted molar refractivity (Wildman–Crippen MR) is 60.8 cm³/mol. The van der Waals surface area contributed by atoms with Gasteiger partial charge in [0.2, 0.25) is 0 Å². The van der Waals surface area contributed by atoms with Crippen LogP contribution in [0.2, 0.25) is 0 Å². The molecule has 0 aromatic heterocycles. The van der Waals surface area contributed by atoms with Gasteiger partial charge in [0, 0.05) is 0 Å². The molecule has 18 heavy (non-hydrogen) atoms. The topological polar surface area (TPSA) is 135 Å². The molecule has 0 unspecified atom stereocenters. The Bertz CT molecular complexity index is 699. The normalized spacial score (nSPS) is 13.6. The third-order valence-electron chi connectivity index (χ3n) is 1.88. The molecule has 1 aromatic carbocycles. The Hall–Kier alpha value is -1.49. The van der Waals surface area contributed by atoms with Crippen LogP contribution in [0.25, 0.3) is 0 Å². The van der Waals surface area contributed by atoms with Gasteiger partial charge in [0.1, 0.15) is 11.9 Å². The van der Waals surface area contributed by atoms with Crippen molar-refractivity contribution in [1.82, 2.24) is 0 Å². The maximum absolute atomic E-state index is 11.1. The lowest BCUT2D eigenvalue weighted by atomic mass is 10.2. The lowest BCUT2D eigenvalue weighted by Gasteiger charge is -2.04. The van der Waals surface area contributed by atoms with Gasteiger partial charge >= 0.3 is 0 Å². The summed E-state index contributed by atoms with van der Waals surface area (Å²) in [6, 6.07) is 2.43. The number of rotatable bonds is 3. The van der Waals surface area contributed by atoms with Crippen molar-refractivity contribution in [2.24, 2.45) is 0 Å². The van der Waals surface area contributed by atoms with Crippen molar-refractivity contribution in [2.75, 3.05) is 7.05 Å². The van der Waals surface area contributed by atoms with Crippen LogP contribution in [0.4, 0.5) is 0 Å². The summed E-state index contributed by atoms with van der Waals surface area (Å²) in [6.07, 6.45) is 0.830. The van der Waals surface area contributed by atoms with Crippen molar-refractivity contribution >= 4 is 26.5 Å². The highest BCUT2D eigenvalue weighted by molar-refractivity contribution is 7.86. The molecule has 1 rings (SSSR count). The zero-order valence-electron chi connectivity index (χ0n) is 9.01. The zero-order valence-corrected chi connectivity index (χ0v) is 10.6. The van der Waals surface area contributed by atoms with Gasteiger partial charge < -0.3 is 5.21 Å². The smallest absolute Gasteiger partial charge is 0.295 e. The van der Waals surface area contributed by atoms with Gasteiger partial charge in [-0.1, -0.05) is 0 Å². The number of nitrogens with zero attached hydrogens (tertiary/aromatic N) is 1. The Morgan fingerprint density at radius 3 is 2.11 bits per heavy atom. The SMILES string of the molecule is C[N+]([O-])=Cc1ccc(S(=O)(=O)O)cc1S(=O)(=O)O. The molecule has 10 heteroatoms. The van der Waals surface area contributed by atoms with Crippen molar-refractivity contribution in [2.45, 2.75) is 9.79 Å². The van der Waals surface area contributed by atoms with E-state index < -0.39 is 30.0 Å². The molecule has 1 aromatic rings. The van der Waals surface area contributed by atoms with Gasteiger partial charge in [0.25, 0.3) is 20.2 Å². The third kappa shape index (κ3) is 3.50. The highest BCUT2D eigenvalue weighted by Crippen LogP contribution is 2.19. The highest BCUT2D eigenvalue weighted by atomic mass is 32.2. The Kier molecular flexibility index (Phi) is 3.76. The highest BCUT2D eigenvalue weighted by Gasteiger charge is 2.20. The van der Waals surface area contributed by atoms with Crippen molar-refractivity contribution in [1.29, 1.82) is 0 Å². The number of benzene rings is 1. The molecule has 100 valence electrons. The van der Waals surface area contributed by atoms with Crippen LogP contribution >= 0.6 is 0 Å². The van der Waals surface area contributed by atoms with Crippen LogP contribution in [0.1, 0.15) is 5.56 Å². The summed E-state index contributed by atoms with van der Waals surface area (Å²) in [7, 11) is -8.27. The molecule has 0 amide bonds. The second-order valence-corrected chi connectivity index (χ2v) is 6.14. The summed E-state index contributed by atoms with van der Waals surface area (Å²) in [5.41, 5.74) is -0.206. The van der Waals surface area contributed by atoms with E-state index in [-0.39, 0.29) is 10.3 Å². The molecular weight excluding hydrogens is 286 g/mol. The van der Waals surface area contributed by atoms with E-state index in [0.29, 0.717) is 6.07 Å². The quantitative estimate of drug-likeness (QED) is 0.258. The Balaban J connectivity index is 3.65. The standard InChI is InChI=1S/C8H9NO7S2/c1-9(10)5-6-2-3-7(17(11,12)13)4-8(6)18(14,15)16/h2-5H,1H3,(H,11,12,13)(H,14,15,16). The summed E-state index contributed by atoms with van der Waals surface area (Å²) in [6.45, 7) is 0. The first-order valence-corrected chi connectivity index (χ1v) is 7.23. The maximum Gasteiger partial charge on any atom is 0.295 e. The van der Waals surface area contributed by atoms with E-state index in [1.165, 1.54) is 0 Å². The lowest BCUT2D eigenvalue weighted by Crippen LogP contribution is -2.09. The molecule has 0 saturated heterocycles. The van der Waals surface area contributed by atoms with Gasteiger partial charge in [-0.15, -0.1) is 0 Å². The first kappa shape index (κ1) is 14.6. The first-order valence-electron chi connectivity index (χ1n) is 4.35. The zero-order chi connectivity index (χ0) is 14.1. The summed E-state index contributed by atoms with van der Waals surface area (Å²) in [5.74, 6) is 0. The van der Waals surface area contributed by atoms with Gasteiger partial charge in [-0.3, -0.25) is 9.11 Å². The van der Waals surface area contributed by atoms with Crippen LogP contribution in [-0.4, -0.2) is 43.9 Å². The van der Waals surface area contributed by atoms with Crippen molar-refractivity contribution < 1.29 is 30.7 Å². The average molecular weight is 295 g/mol. The van der Waals surface area contributed by atoms with Gasteiger partial charge in [-0.2, -0.15) is 16.8 Å². The fourth-order valence-corrected chi connectivity index (χ4v) is 2.48. The molecule has 0 aliphatic rings. The molecule has 0 radical (unpaired) electrons. The maximum atomic E-state index is 11.1. The Morgan fingerprint density at radius 1 is 1.17 bits per heavy atom. The van der Waals surface area contributed by atoms with E-state index in [2.05, 4.69) is 0 Å². The van der Waals surface area contributed by atoms with Crippen molar-refractivity contribution in [3.8, 4) is 0 Å². The number of hydroxylamine groups is 1. The number of hydrogen-bond acceptors (Lipinski definition) is 5. The third-order valence-corrected chi connectivity index (χ3v) is 3.64. The van der Waals surface area contributed by atoms with Gasteiger partial charge in [-0.25, -0.2) is 4.74 Å². The van der Waals surface area contributed by atoms with E-state index in [9.17, 15) is 22.0 Å². The molecule has 2 N–H and O–H groups in total. The molecule has 0 heterocycles. The van der Waals surface area contributed by atoms with Gasteiger partial charge in [0.15, 0.2) is 6.21 Å². The molecule has 0 saturated carbocycles. The average Bonchev–Trinajstić information content (AvgIpc) is 2.13. The molecule has 0 fully saturated rings. The second kappa shape index (κ2) is 4.65. The van der Waals surface area contributed by atoms with E-state index in [4.69, 9.17) is 9.11 Å². The predicted octanol–water partition coefficient (Wildman–Crippen LogP) is -0.261. The fourth-order valence-electron chi connectivity index (χ4n) is 1.20. The minimum Gasteiger partial charge on any atom is -0.624 e. The molecule has 0 aliphatic heterocycles. The van der Waals surface area contributed by atoms with Crippen LogP contribution in [0.3, 0.4) is 0 Å². The first-order chi connectivity index (χ1) is 8.01. The van der Waals surface area contributed by atoms with Crippen LogP contribution in [0.15, 0.2) is 28.0 Å². The molecule has 8 nitrogen and oxygen atoms in total. The van der Waals surface area contributed by atoms with Crippen LogP contribution in [0, 0.1) is 5.21 Å². The number of hydrogen-bond donors (Lipinski definition) is 2. The molecule has 0 atom stereocenters. The Morgan fingerprint density at radius 2 is 1.72 bits per heavy atom.